The number of nitrogens with zero attached hydrogens (tertiary/aromatic N) is 3. The molecular formula is C11H12N4OS. The average molecular weight is 248 g/mol. The lowest BCUT2D eigenvalue weighted by Gasteiger charge is -2.03. The molecule has 0 aromatic carbocycles. The highest BCUT2D eigenvalue weighted by Crippen LogP contribution is 2.14. The molecule has 17 heavy (non-hydrogen) atoms. The molecule has 88 valence electrons. The Bertz CT molecular complexity index is 524. The van der Waals surface area contributed by atoms with Crippen LogP contribution in [0.4, 0.5) is 0 Å². The fourth-order valence-corrected chi connectivity index (χ4v) is 2.02. The highest BCUT2D eigenvalue weighted by atomic mass is 32.2. The maximum Gasteiger partial charge on any atom is 0.269 e. The number of nitriles is 2. The van der Waals surface area contributed by atoms with E-state index in [4.69, 9.17) is 10.5 Å². The molecule has 0 bridgehead atoms. The predicted molar refractivity (Wildman–Crippen MR) is 64.5 cm³/mol. The minimum Gasteiger partial charge on any atom is -0.300 e. The van der Waals surface area contributed by atoms with E-state index in [2.05, 4.69) is 9.97 Å². The standard InChI is InChI=1S/C11H12N4OS/c1-2-4-9-8(7-13)10(16)15-11(14-9)17-6-3-5-12/h2-4,6H2,1H3,(H,14,15,16). The molecule has 0 aliphatic rings. The third-order valence-corrected chi connectivity index (χ3v) is 2.90. The molecule has 0 spiro atoms. The topological polar surface area (TPSA) is 93.3 Å². The number of hydrogen-bond donors (Lipinski definition) is 1. The van der Waals surface area contributed by atoms with Crippen molar-refractivity contribution in [3.8, 4) is 12.1 Å². The van der Waals surface area contributed by atoms with E-state index in [0.717, 1.165) is 6.42 Å². The van der Waals surface area contributed by atoms with Crippen LogP contribution >= 0.6 is 11.8 Å². The lowest BCUT2D eigenvalue weighted by molar-refractivity contribution is 0.809. The minimum absolute atomic E-state index is 0.0940. The molecule has 0 radical (unpaired) electrons. The van der Waals surface area contributed by atoms with Gasteiger partial charge in [-0.1, -0.05) is 25.1 Å². The number of hydrogen-bond acceptors (Lipinski definition) is 5. The van der Waals surface area contributed by atoms with E-state index in [1.165, 1.54) is 11.8 Å². The molecule has 1 N–H and O–H groups in total. The van der Waals surface area contributed by atoms with Gasteiger partial charge in [0.15, 0.2) is 5.16 Å². The summed E-state index contributed by atoms with van der Waals surface area (Å²) < 4.78 is 0. The van der Waals surface area contributed by atoms with Crippen LogP contribution in [0.25, 0.3) is 0 Å². The second kappa shape index (κ2) is 6.72. The molecule has 1 rings (SSSR count). The van der Waals surface area contributed by atoms with Crippen molar-refractivity contribution in [2.24, 2.45) is 0 Å². The van der Waals surface area contributed by atoms with Gasteiger partial charge in [-0.2, -0.15) is 10.5 Å². The summed E-state index contributed by atoms with van der Waals surface area (Å²) in [4.78, 5) is 18.4. The van der Waals surface area contributed by atoms with E-state index in [0.29, 0.717) is 29.4 Å². The molecule has 1 aromatic heterocycles. The number of nitrogens with one attached hydrogen (secondary N) is 1. The Morgan fingerprint density at radius 3 is 2.82 bits per heavy atom. The molecular weight excluding hydrogens is 236 g/mol. The molecule has 5 nitrogen and oxygen atoms in total. The summed E-state index contributed by atoms with van der Waals surface area (Å²) in [5.74, 6) is 0.580. The molecule has 0 aliphatic heterocycles. The van der Waals surface area contributed by atoms with Crippen LogP contribution in [0.2, 0.25) is 0 Å². The first-order chi connectivity index (χ1) is 8.22. The number of aromatic nitrogens is 2. The maximum absolute atomic E-state index is 11.6. The summed E-state index contributed by atoms with van der Waals surface area (Å²) in [5.41, 5.74) is 0.236. The van der Waals surface area contributed by atoms with E-state index >= 15 is 0 Å². The van der Waals surface area contributed by atoms with Crippen molar-refractivity contribution in [2.75, 3.05) is 5.75 Å². The summed E-state index contributed by atoms with van der Waals surface area (Å²) in [6, 6.07) is 3.90. The Kier molecular flexibility index (Phi) is 5.25. The molecule has 1 heterocycles. The summed E-state index contributed by atoms with van der Waals surface area (Å²) in [6.45, 7) is 1.96. The van der Waals surface area contributed by atoms with Crippen molar-refractivity contribution < 1.29 is 0 Å². The second-order valence-corrected chi connectivity index (χ2v) is 4.39. The lowest BCUT2D eigenvalue weighted by atomic mass is 10.1. The lowest BCUT2D eigenvalue weighted by Crippen LogP contribution is -2.16. The summed E-state index contributed by atoms with van der Waals surface area (Å²) >= 11 is 1.32. The van der Waals surface area contributed by atoms with Crippen molar-refractivity contribution in [2.45, 2.75) is 31.3 Å². The van der Waals surface area contributed by atoms with Gasteiger partial charge < -0.3 is 4.98 Å². The first kappa shape index (κ1) is 13.3. The zero-order valence-corrected chi connectivity index (χ0v) is 10.3. The van der Waals surface area contributed by atoms with Crippen molar-refractivity contribution in [1.29, 1.82) is 10.5 Å². The van der Waals surface area contributed by atoms with Crippen molar-refractivity contribution in [3.05, 3.63) is 21.6 Å². The minimum atomic E-state index is -0.398. The van der Waals surface area contributed by atoms with Crippen LogP contribution in [0.15, 0.2) is 9.95 Å². The number of H-pyrrole nitrogens is 1. The van der Waals surface area contributed by atoms with E-state index in [1.54, 1.807) is 0 Å². The smallest absolute Gasteiger partial charge is 0.269 e. The van der Waals surface area contributed by atoms with Gasteiger partial charge in [-0.05, 0) is 6.42 Å². The number of aryl methyl sites for hydroxylation is 1. The van der Waals surface area contributed by atoms with Crippen molar-refractivity contribution in [1.82, 2.24) is 9.97 Å². The first-order valence-electron chi connectivity index (χ1n) is 5.26. The van der Waals surface area contributed by atoms with Crippen LogP contribution in [0.5, 0.6) is 0 Å². The average Bonchev–Trinajstić information content (AvgIpc) is 2.30. The third kappa shape index (κ3) is 3.61. The van der Waals surface area contributed by atoms with Gasteiger partial charge in [-0.3, -0.25) is 4.79 Å². The van der Waals surface area contributed by atoms with Crippen molar-refractivity contribution >= 4 is 11.8 Å². The van der Waals surface area contributed by atoms with E-state index in [1.807, 2.05) is 19.1 Å². The Morgan fingerprint density at radius 2 is 2.24 bits per heavy atom. The quantitative estimate of drug-likeness (QED) is 0.485. The monoisotopic (exact) mass is 248 g/mol. The Hall–Kier alpha value is -1.79. The fourth-order valence-electron chi connectivity index (χ4n) is 1.29. The van der Waals surface area contributed by atoms with Crippen LogP contribution in [0.3, 0.4) is 0 Å². The van der Waals surface area contributed by atoms with Gasteiger partial charge in [0.1, 0.15) is 11.6 Å². The van der Waals surface area contributed by atoms with Crippen LogP contribution in [0.1, 0.15) is 31.0 Å². The van der Waals surface area contributed by atoms with E-state index in [9.17, 15) is 4.79 Å². The Balaban J connectivity index is 3.00. The van der Waals surface area contributed by atoms with Gasteiger partial charge >= 0.3 is 0 Å². The van der Waals surface area contributed by atoms with Crippen LogP contribution < -0.4 is 5.56 Å². The molecule has 0 amide bonds. The maximum atomic E-state index is 11.6. The van der Waals surface area contributed by atoms with Crippen LogP contribution in [-0.4, -0.2) is 15.7 Å². The van der Waals surface area contributed by atoms with E-state index < -0.39 is 5.56 Å². The molecule has 0 atom stereocenters. The zero-order chi connectivity index (χ0) is 12.7. The summed E-state index contributed by atoms with van der Waals surface area (Å²) in [5, 5.41) is 17.8. The molecule has 1 aromatic rings. The molecule has 0 saturated heterocycles. The van der Waals surface area contributed by atoms with Crippen molar-refractivity contribution in [3.63, 3.8) is 0 Å². The van der Waals surface area contributed by atoms with Crippen LogP contribution in [-0.2, 0) is 6.42 Å². The largest absolute Gasteiger partial charge is 0.300 e. The third-order valence-electron chi connectivity index (χ3n) is 2.02. The summed E-state index contributed by atoms with van der Waals surface area (Å²) in [7, 11) is 0. The van der Waals surface area contributed by atoms with Gasteiger partial charge in [-0.15, -0.1) is 0 Å². The number of aromatic amines is 1. The first-order valence-corrected chi connectivity index (χ1v) is 6.24. The molecule has 0 saturated carbocycles. The van der Waals surface area contributed by atoms with Crippen LogP contribution in [0, 0.1) is 22.7 Å². The molecule has 6 heteroatoms. The highest BCUT2D eigenvalue weighted by Gasteiger charge is 2.10. The Morgan fingerprint density at radius 1 is 1.47 bits per heavy atom. The van der Waals surface area contributed by atoms with E-state index in [-0.39, 0.29) is 5.56 Å². The van der Waals surface area contributed by atoms with Gasteiger partial charge in [0.25, 0.3) is 5.56 Å². The van der Waals surface area contributed by atoms with Gasteiger partial charge in [0.2, 0.25) is 0 Å². The Labute approximate surface area is 103 Å². The van der Waals surface area contributed by atoms with Gasteiger partial charge in [0, 0.05) is 12.2 Å². The predicted octanol–water partition coefficient (Wildman–Crippen LogP) is 1.60. The SMILES string of the molecule is CCCc1nc(SCCC#N)[nH]c(=O)c1C#N. The van der Waals surface area contributed by atoms with Gasteiger partial charge in [0.05, 0.1) is 11.8 Å². The number of rotatable bonds is 5. The highest BCUT2D eigenvalue weighted by molar-refractivity contribution is 7.99. The van der Waals surface area contributed by atoms with Gasteiger partial charge in [-0.25, -0.2) is 4.98 Å². The second-order valence-electron chi connectivity index (χ2n) is 3.31. The molecule has 0 aliphatic carbocycles. The summed E-state index contributed by atoms with van der Waals surface area (Å²) in [6.07, 6.45) is 1.84. The normalized spacial score (nSPS) is 9.59. The zero-order valence-electron chi connectivity index (χ0n) is 9.49. The number of thioether (sulfide) groups is 1. The fraction of sp³-hybridized carbons (Fsp3) is 0.455. The molecule has 0 unspecified atom stereocenters. The molecule has 0 fully saturated rings.